The lowest BCUT2D eigenvalue weighted by Crippen LogP contribution is -2.41. The number of carbonyl (C=O) groups excluding carboxylic acids is 2. The fraction of sp³-hybridized carbons (Fsp3) is 0.286. The molecule has 0 radical (unpaired) electrons. The van der Waals surface area contributed by atoms with Crippen LogP contribution < -0.4 is 20.1 Å². The van der Waals surface area contributed by atoms with Crippen molar-refractivity contribution in [2.75, 3.05) is 26.8 Å². The van der Waals surface area contributed by atoms with Crippen LogP contribution >= 0.6 is 0 Å². The standard InChI is InChI=1S/C14H18N2O4/c1-3-8-15-13(17)14(18)16-9-10-20-12-6-4-11(19-2)5-7-12/h3-7H,1,8-10H2,2H3,(H,15,17)(H,16,18). The highest BCUT2D eigenvalue weighted by atomic mass is 16.5. The van der Waals surface area contributed by atoms with Gasteiger partial charge in [-0.1, -0.05) is 6.08 Å². The van der Waals surface area contributed by atoms with Crippen LogP contribution in [0.5, 0.6) is 11.5 Å². The molecule has 0 aromatic heterocycles. The van der Waals surface area contributed by atoms with Crippen molar-refractivity contribution >= 4 is 11.8 Å². The van der Waals surface area contributed by atoms with E-state index in [1.807, 2.05) is 0 Å². The normalized spacial score (nSPS) is 9.45. The third-order valence-corrected chi connectivity index (χ3v) is 2.33. The Morgan fingerprint density at radius 2 is 1.75 bits per heavy atom. The Kier molecular flexibility index (Phi) is 6.67. The lowest BCUT2D eigenvalue weighted by molar-refractivity contribution is -0.139. The van der Waals surface area contributed by atoms with Crippen molar-refractivity contribution < 1.29 is 19.1 Å². The van der Waals surface area contributed by atoms with Gasteiger partial charge in [-0.3, -0.25) is 9.59 Å². The summed E-state index contributed by atoms with van der Waals surface area (Å²) in [5.74, 6) is 0.0280. The van der Waals surface area contributed by atoms with Crippen molar-refractivity contribution in [3.05, 3.63) is 36.9 Å². The van der Waals surface area contributed by atoms with Gasteiger partial charge in [-0.05, 0) is 24.3 Å². The Morgan fingerprint density at radius 1 is 1.15 bits per heavy atom. The molecule has 0 aliphatic heterocycles. The zero-order chi connectivity index (χ0) is 14.8. The maximum atomic E-state index is 11.3. The quantitative estimate of drug-likeness (QED) is 0.432. The summed E-state index contributed by atoms with van der Waals surface area (Å²) in [4.78, 5) is 22.5. The average Bonchev–Trinajstić information content (AvgIpc) is 2.49. The topological polar surface area (TPSA) is 76.7 Å². The number of carbonyl (C=O) groups is 2. The van der Waals surface area contributed by atoms with Crippen molar-refractivity contribution in [1.29, 1.82) is 0 Å². The number of nitrogens with one attached hydrogen (secondary N) is 2. The van der Waals surface area contributed by atoms with Gasteiger partial charge in [0, 0.05) is 6.54 Å². The van der Waals surface area contributed by atoms with E-state index in [1.165, 1.54) is 6.08 Å². The van der Waals surface area contributed by atoms with Crippen LogP contribution in [0.1, 0.15) is 0 Å². The molecule has 108 valence electrons. The molecule has 0 saturated heterocycles. The third kappa shape index (κ3) is 5.43. The maximum absolute atomic E-state index is 11.3. The molecule has 1 rings (SSSR count). The summed E-state index contributed by atoms with van der Waals surface area (Å²) >= 11 is 0. The summed E-state index contributed by atoms with van der Waals surface area (Å²) in [5, 5.41) is 4.83. The average molecular weight is 278 g/mol. The largest absolute Gasteiger partial charge is 0.497 e. The van der Waals surface area contributed by atoms with E-state index in [9.17, 15) is 9.59 Å². The minimum absolute atomic E-state index is 0.242. The van der Waals surface area contributed by atoms with E-state index in [0.717, 1.165) is 5.75 Å². The van der Waals surface area contributed by atoms with Gasteiger partial charge in [0.1, 0.15) is 18.1 Å². The molecule has 20 heavy (non-hydrogen) atoms. The van der Waals surface area contributed by atoms with Gasteiger partial charge < -0.3 is 20.1 Å². The van der Waals surface area contributed by atoms with Crippen LogP contribution in [-0.4, -0.2) is 38.6 Å². The van der Waals surface area contributed by atoms with Gasteiger partial charge in [-0.15, -0.1) is 6.58 Å². The van der Waals surface area contributed by atoms with Crippen LogP contribution in [-0.2, 0) is 9.59 Å². The zero-order valence-corrected chi connectivity index (χ0v) is 11.3. The maximum Gasteiger partial charge on any atom is 0.309 e. The summed E-state index contributed by atoms with van der Waals surface area (Å²) in [6.45, 7) is 4.21. The molecule has 0 spiro atoms. The Balaban J connectivity index is 2.22. The summed E-state index contributed by atoms with van der Waals surface area (Å²) in [6, 6.07) is 7.07. The number of methoxy groups -OCH3 is 1. The Hall–Kier alpha value is -2.50. The molecule has 1 aromatic rings. The predicted octanol–water partition coefficient (Wildman–Crippen LogP) is 0.492. The number of ether oxygens (including phenoxy) is 2. The van der Waals surface area contributed by atoms with Crippen molar-refractivity contribution in [3.63, 3.8) is 0 Å². The first-order chi connectivity index (χ1) is 9.67. The van der Waals surface area contributed by atoms with Gasteiger partial charge in [-0.2, -0.15) is 0 Å². The highest BCUT2D eigenvalue weighted by Crippen LogP contribution is 2.16. The van der Waals surface area contributed by atoms with Gasteiger partial charge in [0.2, 0.25) is 0 Å². The van der Waals surface area contributed by atoms with Gasteiger partial charge in [0.05, 0.1) is 13.7 Å². The molecule has 6 heteroatoms. The second kappa shape index (κ2) is 8.58. The van der Waals surface area contributed by atoms with E-state index in [2.05, 4.69) is 17.2 Å². The molecule has 0 atom stereocenters. The van der Waals surface area contributed by atoms with Crippen LogP contribution in [0.4, 0.5) is 0 Å². The molecular weight excluding hydrogens is 260 g/mol. The third-order valence-electron chi connectivity index (χ3n) is 2.33. The second-order valence-corrected chi connectivity index (χ2v) is 3.78. The van der Waals surface area contributed by atoms with E-state index >= 15 is 0 Å². The predicted molar refractivity (Wildman–Crippen MR) is 74.7 cm³/mol. The van der Waals surface area contributed by atoms with Crippen LogP contribution in [0, 0.1) is 0 Å². The molecule has 1 aromatic carbocycles. The van der Waals surface area contributed by atoms with E-state index in [-0.39, 0.29) is 19.7 Å². The van der Waals surface area contributed by atoms with Crippen LogP contribution in [0.3, 0.4) is 0 Å². The number of rotatable bonds is 7. The Labute approximate surface area is 117 Å². The SMILES string of the molecule is C=CCNC(=O)C(=O)NCCOc1ccc(OC)cc1. The summed E-state index contributed by atoms with van der Waals surface area (Å²) < 4.78 is 10.4. The monoisotopic (exact) mass is 278 g/mol. The van der Waals surface area contributed by atoms with Crippen LogP contribution in [0.15, 0.2) is 36.9 Å². The summed E-state index contributed by atoms with van der Waals surface area (Å²) in [7, 11) is 1.59. The minimum atomic E-state index is -0.690. The first kappa shape index (κ1) is 15.6. The zero-order valence-electron chi connectivity index (χ0n) is 11.3. The van der Waals surface area contributed by atoms with E-state index in [4.69, 9.17) is 9.47 Å². The fourth-order valence-electron chi connectivity index (χ4n) is 1.33. The Morgan fingerprint density at radius 3 is 2.35 bits per heavy atom. The van der Waals surface area contributed by atoms with Crippen molar-refractivity contribution in [1.82, 2.24) is 10.6 Å². The number of benzene rings is 1. The summed E-state index contributed by atoms with van der Waals surface area (Å²) in [6.07, 6.45) is 1.50. The molecule has 0 bridgehead atoms. The van der Waals surface area contributed by atoms with Gasteiger partial charge >= 0.3 is 11.8 Å². The van der Waals surface area contributed by atoms with Crippen molar-refractivity contribution in [2.24, 2.45) is 0 Å². The lowest BCUT2D eigenvalue weighted by Gasteiger charge is -2.08. The van der Waals surface area contributed by atoms with Crippen molar-refractivity contribution in [2.45, 2.75) is 0 Å². The first-order valence-electron chi connectivity index (χ1n) is 6.11. The van der Waals surface area contributed by atoms with Gasteiger partial charge in [0.25, 0.3) is 0 Å². The molecule has 0 unspecified atom stereocenters. The first-order valence-corrected chi connectivity index (χ1v) is 6.11. The van der Waals surface area contributed by atoms with Crippen molar-refractivity contribution in [3.8, 4) is 11.5 Å². The molecule has 6 nitrogen and oxygen atoms in total. The van der Waals surface area contributed by atoms with E-state index in [0.29, 0.717) is 5.75 Å². The number of amides is 2. The highest BCUT2D eigenvalue weighted by molar-refractivity contribution is 6.35. The fourth-order valence-corrected chi connectivity index (χ4v) is 1.33. The highest BCUT2D eigenvalue weighted by Gasteiger charge is 2.10. The molecule has 0 aliphatic rings. The molecular formula is C14H18N2O4. The van der Waals surface area contributed by atoms with Gasteiger partial charge in [-0.25, -0.2) is 0 Å². The minimum Gasteiger partial charge on any atom is -0.497 e. The molecule has 0 heterocycles. The van der Waals surface area contributed by atoms with Gasteiger partial charge in [0.15, 0.2) is 0 Å². The molecule has 0 aliphatic carbocycles. The smallest absolute Gasteiger partial charge is 0.309 e. The van der Waals surface area contributed by atoms with Crippen LogP contribution in [0.25, 0.3) is 0 Å². The second-order valence-electron chi connectivity index (χ2n) is 3.78. The number of hydrogen-bond acceptors (Lipinski definition) is 4. The van der Waals surface area contributed by atoms with E-state index in [1.54, 1.807) is 31.4 Å². The van der Waals surface area contributed by atoms with E-state index < -0.39 is 11.8 Å². The summed E-state index contributed by atoms with van der Waals surface area (Å²) in [5.41, 5.74) is 0. The molecule has 0 saturated carbocycles. The number of hydrogen-bond donors (Lipinski definition) is 2. The van der Waals surface area contributed by atoms with Crippen LogP contribution in [0.2, 0.25) is 0 Å². The molecule has 2 N–H and O–H groups in total. The molecule has 2 amide bonds. The molecule has 0 fully saturated rings. The Bertz CT molecular complexity index is 457. The lowest BCUT2D eigenvalue weighted by atomic mass is 10.3.